The molecule has 0 bridgehead atoms. The van der Waals surface area contributed by atoms with Gasteiger partial charge in [0.05, 0.1) is 6.61 Å². The normalized spacial score (nSPS) is 13.7. The lowest BCUT2D eigenvalue weighted by Gasteiger charge is -2.25. The molecule has 1 unspecified atom stereocenters. The van der Waals surface area contributed by atoms with Gasteiger partial charge in [0.1, 0.15) is 5.75 Å². The first-order chi connectivity index (χ1) is 8.75. The molecule has 1 aromatic carbocycles. The van der Waals surface area contributed by atoms with Crippen LogP contribution in [0.25, 0.3) is 0 Å². The Labute approximate surface area is 124 Å². The van der Waals surface area contributed by atoms with Crippen molar-refractivity contribution in [3.8, 4) is 5.75 Å². The van der Waals surface area contributed by atoms with Gasteiger partial charge in [0, 0.05) is 5.92 Å². The van der Waals surface area contributed by atoms with Crippen LogP contribution >= 0.6 is 12.6 Å². The Morgan fingerprint density at radius 1 is 1.21 bits per heavy atom. The van der Waals surface area contributed by atoms with E-state index in [9.17, 15) is 0 Å². The smallest absolute Gasteiger partial charge is 0.123 e. The van der Waals surface area contributed by atoms with Crippen molar-refractivity contribution in [2.24, 2.45) is 11.8 Å². The van der Waals surface area contributed by atoms with Crippen LogP contribution in [-0.4, -0.2) is 12.4 Å². The van der Waals surface area contributed by atoms with E-state index in [2.05, 4.69) is 72.4 Å². The van der Waals surface area contributed by atoms with Gasteiger partial charge < -0.3 is 4.74 Å². The molecule has 0 aliphatic rings. The lowest BCUT2D eigenvalue weighted by molar-refractivity contribution is 0.223. The minimum atomic E-state index is 0.107. The minimum Gasteiger partial charge on any atom is -0.493 e. The van der Waals surface area contributed by atoms with E-state index in [1.54, 1.807) is 0 Å². The SMILES string of the molecule is Cc1ccc(OCC(CS)C(C)C)c(C(C)(C)C)c1. The molecule has 0 radical (unpaired) electrons. The third-order valence-electron chi connectivity index (χ3n) is 3.57. The summed E-state index contributed by atoms with van der Waals surface area (Å²) in [5.41, 5.74) is 2.68. The van der Waals surface area contributed by atoms with Crippen molar-refractivity contribution in [3.05, 3.63) is 29.3 Å². The van der Waals surface area contributed by atoms with Crippen LogP contribution in [0.1, 0.15) is 45.7 Å². The molecule has 1 nitrogen and oxygen atoms in total. The first-order valence-electron chi connectivity index (χ1n) is 7.10. The lowest BCUT2D eigenvalue weighted by atomic mass is 9.85. The van der Waals surface area contributed by atoms with Crippen LogP contribution in [0.15, 0.2) is 18.2 Å². The largest absolute Gasteiger partial charge is 0.493 e. The van der Waals surface area contributed by atoms with Gasteiger partial charge >= 0.3 is 0 Å². The highest BCUT2D eigenvalue weighted by molar-refractivity contribution is 7.80. The molecule has 19 heavy (non-hydrogen) atoms. The van der Waals surface area contributed by atoms with Crippen LogP contribution in [0.2, 0.25) is 0 Å². The number of ether oxygens (including phenoxy) is 1. The molecule has 0 aliphatic carbocycles. The third kappa shape index (κ3) is 4.76. The first-order valence-corrected chi connectivity index (χ1v) is 7.73. The zero-order valence-corrected chi connectivity index (χ0v) is 14.1. The topological polar surface area (TPSA) is 9.23 Å². The predicted molar refractivity (Wildman–Crippen MR) is 87.6 cm³/mol. The van der Waals surface area contributed by atoms with Crippen molar-refractivity contribution >= 4 is 12.6 Å². The molecule has 1 rings (SSSR count). The van der Waals surface area contributed by atoms with Crippen molar-refractivity contribution in [2.45, 2.75) is 47.0 Å². The fourth-order valence-electron chi connectivity index (χ4n) is 2.01. The first kappa shape index (κ1) is 16.4. The summed E-state index contributed by atoms with van der Waals surface area (Å²) in [5, 5.41) is 0. The maximum atomic E-state index is 6.08. The van der Waals surface area contributed by atoms with Crippen LogP contribution in [-0.2, 0) is 5.41 Å². The summed E-state index contributed by atoms with van der Waals surface area (Å²) < 4.78 is 6.08. The van der Waals surface area contributed by atoms with Gasteiger partial charge in [-0.2, -0.15) is 12.6 Å². The van der Waals surface area contributed by atoms with Crippen LogP contribution in [0.4, 0.5) is 0 Å². The fourth-order valence-corrected chi connectivity index (χ4v) is 2.54. The molecule has 0 aliphatic heterocycles. The number of aryl methyl sites for hydroxylation is 1. The summed E-state index contributed by atoms with van der Waals surface area (Å²) in [4.78, 5) is 0. The van der Waals surface area contributed by atoms with E-state index in [-0.39, 0.29) is 5.41 Å². The summed E-state index contributed by atoms with van der Waals surface area (Å²) in [7, 11) is 0. The zero-order chi connectivity index (χ0) is 14.6. The average Bonchev–Trinajstić information content (AvgIpc) is 2.29. The van der Waals surface area contributed by atoms with Crippen molar-refractivity contribution in [1.29, 1.82) is 0 Å². The molecule has 0 N–H and O–H groups in total. The van der Waals surface area contributed by atoms with E-state index in [0.717, 1.165) is 18.1 Å². The highest BCUT2D eigenvalue weighted by Crippen LogP contribution is 2.32. The van der Waals surface area contributed by atoms with Gasteiger partial charge in [-0.1, -0.05) is 52.3 Å². The monoisotopic (exact) mass is 280 g/mol. The zero-order valence-electron chi connectivity index (χ0n) is 13.2. The second-order valence-corrected chi connectivity index (χ2v) is 7.11. The number of rotatable bonds is 5. The molecule has 108 valence electrons. The van der Waals surface area contributed by atoms with E-state index >= 15 is 0 Å². The summed E-state index contributed by atoms with van der Waals surface area (Å²) in [6, 6.07) is 6.46. The van der Waals surface area contributed by atoms with Crippen molar-refractivity contribution < 1.29 is 4.74 Å². The van der Waals surface area contributed by atoms with Gasteiger partial charge in [-0.05, 0) is 35.6 Å². The summed E-state index contributed by atoms with van der Waals surface area (Å²) in [6.07, 6.45) is 0. The van der Waals surface area contributed by atoms with Crippen LogP contribution in [0.3, 0.4) is 0 Å². The summed E-state index contributed by atoms with van der Waals surface area (Å²) in [6.45, 7) is 14.0. The van der Waals surface area contributed by atoms with E-state index in [1.165, 1.54) is 11.1 Å². The van der Waals surface area contributed by atoms with E-state index < -0.39 is 0 Å². The maximum Gasteiger partial charge on any atom is 0.123 e. The Balaban J connectivity index is 2.89. The number of thiol groups is 1. The molecule has 0 heterocycles. The van der Waals surface area contributed by atoms with E-state index in [1.807, 2.05) is 0 Å². The molecular formula is C17H28OS. The Morgan fingerprint density at radius 2 is 1.84 bits per heavy atom. The quantitative estimate of drug-likeness (QED) is 0.757. The number of hydrogen-bond donors (Lipinski definition) is 1. The highest BCUT2D eigenvalue weighted by atomic mass is 32.1. The second kappa shape index (κ2) is 6.69. The summed E-state index contributed by atoms with van der Waals surface area (Å²) in [5.74, 6) is 2.98. The Bertz CT molecular complexity index is 404. The number of benzene rings is 1. The molecule has 1 atom stereocenters. The number of hydrogen-bond acceptors (Lipinski definition) is 2. The minimum absolute atomic E-state index is 0.107. The van der Waals surface area contributed by atoms with Crippen LogP contribution in [0.5, 0.6) is 5.75 Å². The molecule has 0 spiro atoms. The maximum absolute atomic E-state index is 6.08. The van der Waals surface area contributed by atoms with Gasteiger partial charge in [-0.25, -0.2) is 0 Å². The predicted octanol–water partition coefficient (Wildman–Crippen LogP) is 4.87. The Kier molecular flexibility index (Phi) is 5.79. The summed E-state index contributed by atoms with van der Waals surface area (Å²) >= 11 is 4.42. The molecule has 0 saturated carbocycles. The van der Waals surface area contributed by atoms with Gasteiger partial charge in [-0.3, -0.25) is 0 Å². The molecule has 2 heteroatoms. The van der Waals surface area contributed by atoms with Gasteiger partial charge in [0.2, 0.25) is 0 Å². The fraction of sp³-hybridized carbons (Fsp3) is 0.647. The Hall–Kier alpha value is -0.630. The highest BCUT2D eigenvalue weighted by Gasteiger charge is 2.20. The van der Waals surface area contributed by atoms with E-state index in [4.69, 9.17) is 4.74 Å². The third-order valence-corrected chi connectivity index (χ3v) is 4.04. The Morgan fingerprint density at radius 3 is 2.32 bits per heavy atom. The van der Waals surface area contributed by atoms with Crippen LogP contribution < -0.4 is 4.74 Å². The lowest BCUT2D eigenvalue weighted by Crippen LogP contribution is -2.21. The average molecular weight is 280 g/mol. The van der Waals surface area contributed by atoms with Crippen molar-refractivity contribution in [2.75, 3.05) is 12.4 Å². The van der Waals surface area contributed by atoms with Crippen LogP contribution in [0, 0.1) is 18.8 Å². The van der Waals surface area contributed by atoms with Gasteiger partial charge in [-0.15, -0.1) is 0 Å². The van der Waals surface area contributed by atoms with Crippen molar-refractivity contribution in [1.82, 2.24) is 0 Å². The molecule has 0 amide bonds. The van der Waals surface area contributed by atoms with Crippen molar-refractivity contribution in [3.63, 3.8) is 0 Å². The van der Waals surface area contributed by atoms with Gasteiger partial charge in [0.15, 0.2) is 0 Å². The molecule has 0 aromatic heterocycles. The second-order valence-electron chi connectivity index (χ2n) is 6.75. The molecule has 0 saturated heterocycles. The van der Waals surface area contributed by atoms with E-state index in [0.29, 0.717) is 11.8 Å². The van der Waals surface area contributed by atoms with Gasteiger partial charge in [0.25, 0.3) is 0 Å². The molecular weight excluding hydrogens is 252 g/mol. The molecule has 0 fully saturated rings. The molecule has 1 aromatic rings. The standard InChI is InChI=1S/C17H28OS/c1-12(2)14(11-19)10-18-16-8-7-13(3)9-15(16)17(4,5)6/h7-9,12,14,19H,10-11H2,1-6H3.